The molecule has 0 spiro atoms. The number of Topliss-reactive ketones (excluding diaryl/α,β-unsaturated/α-hetero) is 1. The van der Waals surface area contributed by atoms with Crippen molar-refractivity contribution >= 4 is 23.6 Å². The molecule has 0 radical (unpaired) electrons. The molecule has 0 N–H and O–H groups in total. The van der Waals surface area contributed by atoms with Crippen LogP contribution >= 0.6 is 11.6 Å². The SMILES string of the molecule is COc1ccc(/C=N/n2c(-c3cc[n+](CC(=O)c4ccc(Cl)cc4)cc3)nncc2=O)cc1. The lowest BCUT2D eigenvalue weighted by atomic mass is 10.1. The molecule has 0 atom stereocenters. The monoisotopic (exact) mass is 460 g/mol. The number of rotatable bonds is 7. The van der Waals surface area contributed by atoms with Crippen molar-refractivity contribution in [3.05, 3.63) is 106 Å². The van der Waals surface area contributed by atoms with E-state index in [9.17, 15) is 9.59 Å². The molecule has 0 bridgehead atoms. The van der Waals surface area contributed by atoms with Gasteiger partial charge in [0.05, 0.1) is 13.3 Å². The van der Waals surface area contributed by atoms with Crippen molar-refractivity contribution in [3.8, 4) is 17.1 Å². The molecule has 0 saturated carbocycles. The van der Waals surface area contributed by atoms with E-state index in [0.717, 1.165) is 17.5 Å². The van der Waals surface area contributed by atoms with Gasteiger partial charge >= 0.3 is 0 Å². The molecule has 164 valence electrons. The van der Waals surface area contributed by atoms with Crippen molar-refractivity contribution in [2.24, 2.45) is 5.10 Å². The second kappa shape index (κ2) is 9.97. The second-order valence-corrected chi connectivity index (χ2v) is 7.46. The molecule has 9 heteroatoms. The third-order valence-electron chi connectivity index (χ3n) is 4.81. The molecule has 33 heavy (non-hydrogen) atoms. The number of methoxy groups -OCH3 is 1. The van der Waals surface area contributed by atoms with E-state index in [1.54, 1.807) is 78.8 Å². The van der Waals surface area contributed by atoms with Gasteiger partial charge in [-0.2, -0.15) is 19.4 Å². The van der Waals surface area contributed by atoms with Gasteiger partial charge in [-0.15, -0.1) is 5.10 Å². The van der Waals surface area contributed by atoms with Gasteiger partial charge in [0.2, 0.25) is 12.3 Å². The molecule has 0 unspecified atom stereocenters. The molecule has 0 aliphatic heterocycles. The standard InChI is InChI=1S/C24H19ClN5O3/c1-33-21-8-2-17(3-9-21)14-27-30-23(32)15-26-28-24(30)19-10-12-29(13-11-19)16-22(31)18-4-6-20(25)7-5-18/h2-15H,16H2,1H3/q+1/b27-14+. The molecule has 4 rings (SSSR count). The van der Waals surface area contributed by atoms with Crippen molar-refractivity contribution < 1.29 is 14.1 Å². The normalized spacial score (nSPS) is 11.0. The van der Waals surface area contributed by atoms with Gasteiger partial charge in [0, 0.05) is 28.3 Å². The molecule has 0 amide bonds. The van der Waals surface area contributed by atoms with Gasteiger partial charge in [-0.3, -0.25) is 9.59 Å². The van der Waals surface area contributed by atoms with Crippen molar-refractivity contribution in [2.45, 2.75) is 6.54 Å². The maximum atomic E-state index is 12.5. The van der Waals surface area contributed by atoms with Gasteiger partial charge < -0.3 is 4.74 Å². The van der Waals surface area contributed by atoms with E-state index in [2.05, 4.69) is 15.3 Å². The highest BCUT2D eigenvalue weighted by Crippen LogP contribution is 2.14. The molecule has 2 heterocycles. The summed E-state index contributed by atoms with van der Waals surface area (Å²) in [4.78, 5) is 24.9. The Hall–Kier alpha value is -4.17. The van der Waals surface area contributed by atoms with Crippen LogP contribution in [0.4, 0.5) is 0 Å². The Kier molecular flexibility index (Phi) is 6.66. The summed E-state index contributed by atoms with van der Waals surface area (Å²) in [5.74, 6) is 0.955. The van der Waals surface area contributed by atoms with Crippen LogP contribution in [0.1, 0.15) is 15.9 Å². The van der Waals surface area contributed by atoms with Crippen LogP contribution in [-0.4, -0.2) is 34.0 Å². The first-order chi connectivity index (χ1) is 16.0. The smallest absolute Gasteiger partial charge is 0.293 e. The minimum atomic E-state index is -0.417. The van der Waals surface area contributed by atoms with Gasteiger partial charge in [-0.1, -0.05) is 11.6 Å². The predicted octanol–water partition coefficient (Wildman–Crippen LogP) is 3.02. The third-order valence-corrected chi connectivity index (χ3v) is 5.06. The number of hydrogen-bond acceptors (Lipinski definition) is 6. The fourth-order valence-corrected chi connectivity index (χ4v) is 3.17. The Morgan fingerprint density at radius 2 is 1.79 bits per heavy atom. The molecule has 8 nitrogen and oxygen atoms in total. The average Bonchev–Trinajstić information content (AvgIpc) is 2.84. The first kappa shape index (κ1) is 22.0. The highest BCUT2D eigenvalue weighted by atomic mass is 35.5. The first-order valence-electron chi connectivity index (χ1n) is 9.95. The third kappa shape index (κ3) is 5.36. The summed E-state index contributed by atoms with van der Waals surface area (Å²) in [6.07, 6.45) is 6.13. The number of carbonyl (C=O) groups is 1. The average molecular weight is 461 g/mol. The largest absolute Gasteiger partial charge is 0.497 e. The maximum Gasteiger partial charge on any atom is 0.293 e. The van der Waals surface area contributed by atoms with Gasteiger partial charge in [0.25, 0.3) is 5.56 Å². The molecule has 0 saturated heterocycles. The number of ketones is 1. The number of hydrogen-bond donors (Lipinski definition) is 0. The molecule has 0 fully saturated rings. The van der Waals surface area contributed by atoms with Crippen molar-refractivity contribution in [1.29, 1.82) is 0 Å². The van der Waals surface area contributed by atoms with Crippen LogP contribution in [0, 0.1) is 0 Å². The number of benzene rings is 2. The number of pyridine rings is 1. The van der Waals surface area contributed by atoms with Crippen LogP contribution in [0.3, 0.4) is 0 Å². The summed E-state index contributed by atoms with van der Waals surface area (Å²) in [7, 11) is 1.59. The van der Waals surface area contributed by atoms with E-state index in [0.29, 0.717) is 16.1 Å². The Balaban J connectivity index is 1.56. The summed E-state index contributed by atoms with van der Waals surface area (Å²) in [6, 6.07) is 17.5. The lowest BCUT2D eigenvalue weighted by Gasteiger charge is -2.05. The minimum absolute atomic E-state index is 0.0510. The zero-order valence-electron chi connectivity index (χ0n) is 17.6. The van der Waals surface area contributed by atoms with E-state index in [1.165, 1.54) is 4.68 Å². The Bertz CT molecular complexity index is 1350. The zero-order valence-corrected chi connectivity index (χ0v) is 18.4. The van der Waals surface area contributed by atoms with E-state index in [-0.39, 0.29) is 18.2 Å². The topological polar surface area (TPSA) is 90.3 Å². The quantitative estimate of drug-likeness (QED) is 0.240. The molecule has 2 aromatic carbocycles. The number of ether oxygens (including phenoxy) is 1. The summed E-state index contributed by atoms with van der Waals surface area (Å²) >= 11 is 5.88. The van der Waals surface area contributed by atoms with Crippen molar-refractivity contribution in [3.63, 3.8) is 0 Å². The summed E-state index contributed by atoms with van der Waals surface area (Å²) in [6.45, 7) is 0.158. The Morgan fingerprint density at radius 3 is 2.45 bits per heavy atom. The lowest BCUT2D eigenvalue weighted by molar-refractivity contribution is -0.683. The number of nitrogens with zero attached hydrogens (tertiary/aromatic N) is 5. The fourth-order valence-electron chi connectivity index (χ4n) is 3.05. The maximum absolute atomic E-state index is 12.5. The van der Waals surface area contributed by atoms with Crippen LogP contribution in [0.5, 0.6) is 5.75 Å². The number of aromatic nitrogens is 4. The van der Waals surface area contributed by atoms with E-state index in [1.807, 2.05) is 12.1 Å². The summed E-state index contributed by atoms with van der Waals surface area (Å²) < 4.78 is 8.06. The van der Waals surface area contributed by atoms with E-state index in [4.69, 9.17) is 16.3 Å². The van der Waals surface area contributed by atoms with Gasteiger partial charge in [0.15, 0.2) is 18.2 Å². The van der Waals surface area contributed by atoms with Crippen molar-refractivity contribution in [1.82, 2.24) is 14.9 Å². The fraction of sp³-hybridized carbons (Fsp3) is 0.0833. The molecule has 2 aromatic heterocycles. The Labute approximate surface area is 194 Å². The first-order valence-corrected chi connectivity index (χ1v) is 10.3. The number of carbonyl (C=O) groups excluding carboxylic acids is 1. The van der Waals surface area contributed by atoms with Crippen molar-refractivity contribution in [2.75, 3.05) is 7.11 Å². The molecule has 4 aromatic rings. The van der Waals surface area contributed by atoms with Gasteiger partial charge in [-0.25, -0.2) is 0 Å². The van der Waals surface area contributed by atoms with Crippen LogP contribution in [0.2, 0.25) is 5.02 Å². The Morgan fingerprint density at radius 1 is 1.09 bits per heavy atom. The van der Waals surface area contributed by atoms with E-state index < -0.39 is 5.56 Å². The second-order valence-electron chi connectivity index (χ2n) is 7.03. The molecular weight excluding hydrogens is 442 g/mol. The zero-order chi connectivity index (χ0) is 23.2. The number of halogens is 1. The summed E-state index contributed by atoms with van der Waals surface area (Å²) in [5.41, 5.74) is 1.57. The minimum Gasteiger partial charge on any atom is -0.497 e. The van der Waals surface area contributed by atoms with Crippen LogP contribution in [0.25, 0.3) is 11.4 Å². The molecule has 0 aliphatic rings. The molecular formula is C24H19ClN5O3+. The lowest BCUT2D eigenvalue weighted by Crippen LogP contribution is -2.37. The predicted molar refractivity (Wildman–Crippen MR) is 124 cm³/mol. The van der Waals surface area contributed by atoms with Gasteiger partial charge in [-0.05, 0) is 54.1 Å². The van der Waals surface area contributed by atoms with Gasteiger partial charge in [0.1, 0.15) is 11.9 Å². The highest BCUT2D eigenvalue weighted by Gasteiger charge is 2.14. The summed E-state index contributed by atoms with van der Waals surface area (Å²) in [5, 5.41) is 12.7. The molecule has 0 aliphatic carbocycles. The highest BCUT2D eigenvalue weighted by molar-refractivity contribution is 6.30. The van der Waals surface area contributed by atoms with Crippen LogP contribution in [-0.2, 0) is 6.54 Å². The van der Waals surface area contributed by atoms with E-state index >= 15 is 0 Å². The van der Waals surface area contributed by atoms with Crippen LogP contribution < -0.4 is 14.9 Å². The van der Waals surface area contributed by atoms with Crippen LogP contribution in [0.15, 0.2) is 89.2 Å².